The minimum atomic E-state index is -4.54. The second-order valence-electron chi connectivity index (χ2n) is 9.69. The van der Waals surface area contributed by atoms with Gasteiger partial charge >= 0.3 is 12.2 Å². The first kappa shape index (κ1) is 21.4. The SMILES string of the molecule is C=C1NC2(CO1)CN(C(=O)N1CC3(CCN(Cc4ccc(C(F)(F)F)cc4F)CC3)C1)C2. The van der Waals surface area contributed by atoms with Gasteiger partial charge in [-0.3, -0.25) is 4.90 Å². The van der Waals surface area contributed by atoms with Gasteiger partial charge in [0.2, 0.25) is 0 Å². The molecule has 1 N–H and O–H groups in total. The lowest BCUT2D eigenvalue weighted by Crippen LogP contribution is -2.73. The summed E-state index contributed by atoms with van der Waals surface area (Å²) in [5, 5.41) is 3.21. The number of amides is 2. The molecule has 4 aliphatic heterocycles. The van der Waals surface area contributed by atoms with E-state index >= 15 is 0 Å². The number of benzene rings is 1. The number of nitrogens with zero attached hydrogens (tertiary/aromatic N) is 3. The molecule has 0 bridgehead atoms. The Hall–Kier alpha value is -2.49. The van der Waals surface area contributed by atoms with Crippen molar-refractivity contribution in [3.8, 4) is 0 Å². The van der Waals surface area contributed by atoms with Gasteiger partial charge in [-0.2, -0.15) is 13.2 Å². The van der Waals surface area contributed by atoms with Crippen LogP contribution in [0.25, 0.3) is 0 Å². The number of urea groups is 1. The van der Waals surface area contributed by atoms with Crippen molar-refractivity contribution in [2.75, 3.05) is 45.9 Å². The van der Waals surface area contributed by atoms with E-state index in [1.807, 2.05) is 9.80 Å². The van der Waals surface area contributed by atoms with Crippen molar-refractivity contribution in [2.45, 2.75) is 31.1 Å². The molecule has 10 heteroatoms. The van der Waals surface area contributed by atoms with Gasteiger partial charge in [-0.25, -0.2) is 9.18 Å². The Kier molecular flexibility index (Phi) is 4.85. The molecule has 0 radical (unpaired) electrons. The number of halogens is 4. The van der Waals surface area contributed by atoms with Crippen molar-refractivity contribution < 1.29 is 27.1 Å². The van der Waals surface area contributed by atoms with Crippen molar-refractivity contribution in [2.24, 2.45) is 5.41 Å². The zero-order valence-corrected chi connectivity index (χ0v) is 17.7. The van der Waals surface area contributed by atoms with Crippen LogP contribution in [0, 0.1) is 11.2 Å². The third kappa shape index (κ3) is 3.78. The topological polar surface area (TPSA) is 48.1 Å². The van der Waals surface area contributed by atoms with Crippen molar-refractivity contribution in [1.82, 2.24) is 20.0 Å². The molecule has 0 aromatic heterocycles. The second kappa shape index (κ2) is 7.26. The fourth-order valence-electron chi connectivity index (χ4n) is 5.28. The second-order valence-corrected chi connectivity index (χ2v) is 9.69. The third-order valence-corrected chi connectivity index (χ3v) is 7.20. The fraction of sp³-hybridized carbons (Fsp3) is 0.591. The van der Waals surface area contributed by atoms with Gasteiger partial charge in [-0.15, -0.1) is 0 Å². The number of hydrogen-bond donors (Lipinski definition) is 1. The van der Waals surface area contributed by atoms with Gasteiger partial charge in [-0.05, 0) is 44.6 Å². The quantitative estimate of drug-likeness (QED) is 0.699. The van der Waals surface area contributed by atoms with Gasteiger partial charge in [0.15, 0.2) is 5.88 Å². The number of rotatable bonds is 2. The number of alkyl halides is 3. The summed E-state index contributed by atoms with van der Waals surface area (Å²) in [6, 6.07) is 2.78. The van der Waals surface area contributed by atoms with E-state index in [1.165, 1.54) is 6.07 Å². The lowest BCUT2D eigenvalue weighted by molar-refractivity contribution is -0.137. The van der Waals surface area contributed by atoms with E-state index in [-0.39, 0.29) is 22.5 Å². The highest BCUT2D eigenvalue weighted by molar-refractivity contribution is 5.77. The Morgan fingerprint density at radius 1 is 1.12 bits per heavy atom. The summed E-state index contributed by atoms with van der Waals surface area (Å²) in [6.07, 6.45) is -2.77. The molecule has 4 saturated heterocycles. The number of carbonyl (C=O) groups excluding carboxylic acids is 1. The zero-order chi connectivity index (χ0) is 22.7. The van der Waals surface area contributed by atoms with E-state index in [1.54, 1.807) is 0 Å². The first-order valence-corrected chi connectivity index (χ1v) is 10.8. The molecule has 0 unspecified atom stereocenters. The molecule has 2 amide bonds. The van der Waals surface area contributed by atoms with E-state index in [0.717, 1.165) is 32.0 Å². The van der Waals surface area contributed by atoms with E-state index < -0.39 is 17.6 Å². The minimum Gasteiger partial charge on any atom is -0.477 e. The van der Waals surface area contributed by atoms with Gasteiger partial charge in [0.05, 0.1) is 18.7 Å². The van der Waals surface area contributed by atoms with Gasteiger partial charge in [0.25, 0.3) is 0 Å². The van der Waals surface area contributed by atoms with E-state index in [4.69, 9.17) is 4.74 Å². The summed E-state index contributed by atoms with van der Waals surface area (Å²) < 4.78 is 57.7. The predicted molar refractivity (Wildman–Crippen MR) is 108 cm³/mol. The average Bonchev–Trinajstić information content (AvgIpc) is 3.08. The molecule has 174 valence electrons. The molecule has 6 nitrogen and oxygen atoms in total. The Balaban J connectivity index is 1.09. The molecule has 0 saturated carbocycles. The lowest BCUT2D eigenvalue weighted by Gasteiger charge is -2.57. The molecule has 0 aliphatic carbocycles. The van der Waals surface area contributed by atoms with Crippen molar-refractivity contribution in [1.29, 1.82) is 0 Å². The first-order chi connectivity index (χ1) is 15.1. The molecule has 32 heavy (non-hydrogen) atoms. The van der Waals surface area contributed by atoms with Crippen LogP contribution in [0.1, 0.15) is 24.0 Å². The highest BCUT2D eigenvalue weighted by Crippen LogP contribution is 2.42. The summed E-state index contributed by atoms with van der Waals surface area (Å²) >= 11 is 0. The van der Waals surface area contributed by atoms with Crippen LogP contribution >= 0.6 is 0 Å². The van der Waals surface area contributed by atoms with Gasteiger partial charge in [0.1, 0.15) is 18.0 Å². The summed E-state index contributed by atoms with van der Waals surface area (Å²) in [6.45, 7) is 8.71. The Morgan fingerprint density at radius 3 is 2.34 bits per heavy atom. The monoisotopic (exact) mass is 454 g/mol. The molecular weight excluding hydrogens is 428 g/mol. The lowest BCUT2D eigenvalue weighted by atomic mass is 9.72. The van der Waals surface area contributed by atoms with Crippen molar-refractivity contribution in [3.63, 3.8) is 0 Å². The van der Waals surface area contributed by atoms with Crippen LogP contribution in [-0.2, 0) is 17.5 Å². The first-order valence-electron chi connectivity index (χ1n) is 10.8. The Bertz CT molecular complexity index is 928. The summed E-state index contributed by atoms with van der Waals surface area (Å²) in [7, 11) is 0. The largest absolute Gasteiger partial charge is 0.477 e. The number of likely N-dealkylation sites (tertiary alicyclic amines) is 3. The maximum atomic E-state index is 14.2. The highest BCUT2D eigenvalue weighted by atomic mass is 19.4. The summed E-state index contributed by atoms with van der Waals surface area (Å²) in [4.78, 5) is 18.5. The highest BCUT2D eigenvalue weighted by Gasteiger charge is 2.53. The van der Waals surface area contributed by atoms with Crippen LogP contribution in [0.3, 0.4) is 0 Å². The standard InChI is InChI=1S/C22H26F4N4O2/c1-15-27-21(14-32-15)12-30(13-21)19(31)29-10-20(11-29)4-6-28(7-5-20)9-16-2-3-17(8-18(16)23)22(24,25)26/h2-3,8,27H,1,4-7,9-14H2. The average molecular weight is 454 g/mol. The van der Waals surface area contributed by atoms with Gasteiger partial charge in [-0.1, -0.05) is 6.07 Å². The summed E-state index contributed by atoms with van der Waals surface area (Å²) in [5.41, 5.74) is -0.784. The smallest absolute Gasteiger partial charge is 0.416 e. The number of hydrogen-bond acceptors (Lipinski definition) is 4. The molecule has 4 fully saturated rings. The van der Waals surface area contributed by atoms with Gasteiger partial charge in [0, 0.05) is 30.6 Å². The molecule has 5 rings (SSSR count). The van der Waals surface area contributed by atoms with Crippen LogP contribution in [0.4, 0.5) is 22.4 Å². The molecule has 0 atom stereocenters. The maximum Gasteiger partial charge on any atom is 0.416 e. The molecule has 4 heterocycles. The molecular formula is C22H26F4N4O2. The van der Waals surface area contributed by atoms with Crippen LogP contribution in [0.5, 0.6) is 0 Å². The normalized spacial score (nSPS) is 24.2. The predicted octanol–water partition coefficient (Wildman–Crippen LogP) is 3.01. The molecule has 4 aliphatic rings. The molecule has 1 aromatic rings. The summed E-state index contributed by atoms with van der Waals surface area (Å²) in [5.74, 6) is -0.262. The van der Waals surface area contributed by atoms with Crippen LogP contribution < -0.4 is 5.32 Å². The van der Waals surface area contributed by atoms with E-state index in [9.17, 15) is 22.4 Å². The van der Waals surface area contributed by atoms with Crippen LogP contribution in [-0.4, -0.2) is 72.1 Å². The van der Waals surface area contributed by atoms with E-state index in [0.29, 0.717) is 51.3 Å². The van der Waals surface area contributed by atoms with Crippen molar-refractivity contribution >= 4 is 6.03 Å². The zero-order valence-electron chi connectivity index (χ0n) is 17.7. The number of piperidine rings is 1. The Labute approximate surface area is 183 Å². The van der Waals surface area contributed by atoms with Crippen LogP contribution in [0.2, 0.25) is 0 Å². The van der Waals surface area contributed by atoms with Gasteiger partial charge < -0.3 is 19.9 Å². The third-order valence-electron chi connectivity index (χ3n) is 7.20. The van der Waals surface area contributed by atoms with Crippen molar-refractivity contribution in [3.05, 3.63) is 47.6 Å². The molecule has 2 spiro atoms. The maximum absolute atomic E-state index is 14.2. The minimum absolute atomic E-state index is 0.0508. The number of carbonyl (C=O) groups is 1. The molecule has 1 aromatic carbocycles. The van der Waals surface area contributed by atoms with E-state index in [2.05, 4.69) is 16.8 Å². The number of ether oxygens (including phenoxy) is 1. The Morgan fingerprint density at radius 2 is 1.78 bits per heavy atom. The van der Waals surface area contributed by atoms with Crippen LogP contribution in [0.15, 0.2) is 30.7 Å². The fourth-order valence-corrected chi connectivity index (χ4v) is 5.28. The number of nitrogens with one attached hydrogen (secondary N) is 1.